The standard InChI is InChI=1S/C22H22N2O4/c1-5-15(12-23)28-22-18(14-6-8-16(25-2)9-7-14)13-24-19-10-17(26-3)11-20(27-4)21(19)22/h6-11,13,15H,5H2,1-4H3. The number of pyridine rings is 1. The summed E-state index contributed by atoms with van der Waals surface area (Å²) >= 11 is 0. The largest absolute Gasteiger partial charge is 0.497 e. The molecule has 0 aliphatic rings. The molecule has 1 unspecified atom stereocenters. The number of hydrogen-bond donors (Lipinski definition) is 0. The highest BCUT2D eigenvalue weighted by Gasteiger charge is 2.20. The van der Waals surface area contributed by atoms with Gasteiger partial charge in [-0.1, -0.05) is 19.1 Å². The molecule has 1 atom stereocenters. The normalized spacial score (nSPS) is 11.5. The minimum absolute atomic E-state index is 0.556. The van der Waals surface area contributed by atoms with Crippen molar-refractivity contribution in [3.63, 3.8) is 0 Å². The number of ether oxygens (including phenoxy) is 4. The number of nitriles is 1. The summed E-state index contributed by atoms with van der Waals surface area (Å²) in [6, 6.07) is 13.4. The minimum atomic E-state index is -0.589. The van der Waals surface area contributed by atoms with Gasteiger partial charge in [0.05, 0.1) is 32.2 Å². The highest BCUT2D eigenvalue weighted by molar-refractivity contribution is 5.97. The van der Waals surface area contributed by atoms with E-state index in [0.29, 0.717) is 34.6 Å². The molecule has 144 valence electrons. The Morgan fingerprint density at radius 2 is 1.71 bits per heavy atom. The van der Waals surface area contributed by atoms with Crippen LogP contribution < -0.4 is 18.9 Å². The molecule has 6 nitrogen and oxygen atoms in total. The van der Waals surface area contributed by atoms with Crippen molar-refractivity contribution in [2.75, 3.05) is 21.3 Å². The van der Waals surface area contributed by atoms with Gasteiger partial charge in [-0.15, -0.1) is 0 Å². The van der Waals surface area contributed by atoms with Crippen LogP contribution in [0.2, 0.25) is 0 Å². The first kappa shape index (κ1) is 19.3. The van der Waals surface area contributed by atoms with Crippen molar-refractivity contribution in [1.82, 2.24) is 4.98 Å². The first-order valence-electron chi connectivity index (χ1n) is 8.90. The SMILES string of the molecule is CCC(C#N)Oc1c(-c2ccc(OC)cc2)cnc2cc(OC)cc(OC)c12. The minimum Gasteiger partial charge on any atom is -0.497 e. The topological polar surface area (TPSA) is 73.6 Å². The molecule has 0 bridgehead atoms. The quantitative estimate of drug-likeness (QED) is 0.598. The zero-order valence-corrected chi connectivity index (χ0v) is 16.4. The Hall–Kier alpha value is -3.46. The third kappa shape index (κ3) is 3.65. The molecule has 3 rings (SSSR count). The Balaban J connectivity index is 2.28. The summed E-state index contributed by atoms with van der Waals surface area (Å²) in [5, 5.41) is 10.1. The van der Waals surface area contributed by atoms with Gasteiger partial charge in [-0.3, -0.25) is 4.98 Å². The highest BCUT2D eigenvalue weighted by Crippen LogP contribution is 2.43. The third-order valence-electron chi connectivity index (χ3n) is 4.49. The van der Waals surface area contributed by atoms with Crippen LogP contribution in [-0.2, 0) is 0 Å². The number of nitrogens with zero attached hydrogens (tertiary/aromatic N) is 2. The molecule has 0 spiro atoms. The maximum Gasteiger partial charge on any atom is 0.184 e. The average molecular weight is 378 g/mol. The van der Waals surface area contributed by atoms with Crippen molar-refractivity contribution in [2.45, 2.75) is 19.4 Å². The number of rotatable bonds is 7. The van der Waals surface area contributed by atoms with E-state index in [4.69, 9.17) is 18.9 Å². The molecule has 0 saturated carbocycles. The van der Waals surface area contributed by atoms with Crippen LogP contribution in [0.25, 0.3) is 22.0 Å². The van der Waals surface area contributed by atoms with Gasteiger partial charge in [-0.25, -0.2) is 0 Å². The maximum atomic E-state index is 9.44. The van der Waals surface area contributed by atoms with E-state index in [2.05, 4.69) is 11.1 Å². The van der Waals surface area contributed by atoms with Crippen LogP contribution in [0, 0.1) is 11.3 Å². The van der Waals surface area contributed by atoms with Gasteiger partial charge in [0.15, 0.2) is 6.10 Å². The Bertz CT molecular complexity index is 1010. The summed E-state index contributed by atoms with van der Waals surface area (Å²) in [5.41, 5.74) is 2.33. The monoisotopic (exact) mass is 378 g/mol. The molecule has 1 aromatic heterocycles. The lowest BCUT2D eigenvalue weighted by atomic mass is 10.0. The van der Waals surface area contributed by atoms with Crippen LogP contribution in [-0.4, -0.2) is 32.4 Å². The summed E-state index contributed by atoms with van der Waals surface area (Å²) in [6.07, 6.45) is 1.71. The van der Waals surface area contributed by atoms with Gasteiger partial charge >= 0.3 is 0 Å². The van der Waals surface area contributed by atoms with Gasteiger partial charge in [0, 0.05) is 23.9 Å². The molecule has 0 radical (unpaired) electrons. The van der Waals surface area contributed by atoms with Gasteiger partial charge in [-0.2, -0.15) is 5.26 Å². The van der Waals surface area contributed by atoms with E-state index in [1.165, 1.54) is 0 Å². The van der Waals surface area contributed by atoms with Crippen LogP contribution >= 0.6 is 0 Å². The maximum absolute atomic E-state index is 9.44. The van der Waals surface area contributed by atoms with E-state index in [0.717, 1.165) is 16.9 Å². The van der Waals surface area contributed by atoms with Crippen LogP contribution in [0.4, 0.5) is 0 Å². The highest BCUT2D eigenvalue weighted by atomic mass is 16.5. The predicted octanol–water partition coefficient (Wildman–Crippen LogP) is 4.61. The molecule has 0 aliphatic heterocycles. The fraction of sp³-hybridized carbons (Fsp3) is 0.273. The van der Waals surface area contributed by atoms with Crippen molar-refractivity contribution in [3.05, 3.63) is 42.6 Å². The van der Waals surface area contributed by atoms with Crippen molar-refractivity contribution < 1.29 is 18.9 Å². The number of fused-ring (bicyclic) bond motifs is 1. The van der Waals surface area contributed by atoms with Gasteiger partial charge in [0.2, 0.25) is 0 Å². The summed E-state index contributed by atoms with van der Waals surface area (Å²) < 4.78 is 22.3. The van der Waals surface area contributed by atoms with Gasteiger partial charge < -0.3 is 18.9 Å². The summed E-state index contributed by atoms with van der Waals surface area (Å²) in [4.78, 5) is 4.58. The second-order valence-electron chi connectivity index (χ2n) is 6.10. The van der Waals surface area contributed by atoms with Crippen molar-refractivity contribution >= 4 is 10.9 Å². The number of hydrogen-bond acceptors (Lipinski definition) is 6. The summed E-state index contributed by atoms with van der Waals surface area (Å²) in [6.45, 7) is 1.91. The van der Waals surface area contributed by atoms with Crippen molar-refractivity contribution in [3.8, 4) is 40.2 Å². The second kappa shape index (κ2) is 8.49. The molecule has 1 heterocycles. The molecule has 2 aromatic carbocycles. The van der Waals surface area contributed by atoms with E-state index in [-0.39, 0.29) is 0 Å². The van der Waals surface area contributed by atoms with Crippen molar-refractivity contribution in [1.29, 1.82) is 5.26 Å². The first-order valence-corrected chi connectivity index (χ1v) is 8.90. The molecule has 0 N–H and O–H groups in total. The molecular formula is C22H22N2O4. The fourth-order valence-corrected chi connectivity index (χ4v) is 2.95. The lowest BCUT2D eigenvalue weighted by Gasteiger charge is -2.19. The molecule has 6 heteroatoms. The molecule has 0 saturated heterocycles. The smallest absolute Gasteiger partial charge is 0.184 e. The van der Waals surface area contributed by atoms with Crippen LogP contribution in [0.3, 0.4) is 0 Å². The van der Waals surface area contributed by atoms with Crippen LogP contribution in [0.5, 0.6) is 23.0 Å². The van der Waals surface area contributed by atoms with Gasteiger partial charge in [-0.05, 0) is 24.1 Å². The Labute approximate surface area is 164 Å². The van der Waals surface area contributed by atoms with Crippen LogP contribution in [0.1, 0.15) is 13.3 Å². The lowest BCUT2D eigenvalue weighted by molar-refractivity contribution is 0.255. The summed E-state index contributed by atoms with van der Waals surface area (Å²) in [7, 11) is 4.80. The Morgan fingerprint density at radius 1 is 1.00 bits per heavy atom. The van der Waals surface area contributed by atoms with Gasteiger partial charge in [0.25, 0.3) is 0 Å². The van der Waals surface area contributed by atoms with Crippen LogP contribution in [0.15, 0.2) is 42.6 Å². The number of methoxy groups -OCH3 is 3. The fourth-order valence-electron chi connectivity index (χ4n) is 2.95. The molecule has 0 fully saturated rings. The molecule has 28 heavy (non-hydrogen) atoms. The Kier molecular flexibility index (Phi) is 5.85. The number of benzene rings is 2. The van der Waals surface area contributed by atoms with E-state index in [1.807, 2.05) is 37.3 Å². The average Bonchev–Trinajstić information content (AvgIpc) is 2.76. The van der Waals surface area contributed by atoms with E-state index in [1.54, 1.807) is 33.6 Å². The van der Waals surface area contributed by atoms with E-state index >= 15 is 0 Å². The second-order valence-corrected chi connectivity index (χ2v) is 6.10. The lowest BCUT2D eigenvalue weighted by Crippen LogP contribution is -2.13. The van der Waals surface area contributed by atoms with E-state index in [9.17, 15) is 5.26 Å². The molecule has 0 amide bonds. The molecule has 0 aliphatic carbocycles. The first-order chi connectivity index (χ1) is 13.6. The molecular weight excluding hydrogens is 356 g/mol. The zero-order valence-electron chi connectivity index (χ0n) is 16.4. The van der Waals surface area contributed by atoms with Gasteiger partial charge in [0.1, 0.15) is 29.1 Å². The third-order valence-corrected chi connectivity index (χ3v) is 4.49. The predicted molar refractivity (Wildman–Crippen MR) is 107 cm³/mol. The Morgan fingerprint density at radius 3 is 2.29 bits per heavy atom. The van der Waals surface area contributed by atoms with E-state index < -0.39 is 6.10 Å². The molecule has 3 aromatic rings. The number of aromatic nitrogens is 1. The summed E-state index contributed by atoms with van der Waals surface area (Å²) in [5.74, 6) is 2.51. The van der Waals surface area contributed by atoms with Crippen molar-refractivity contribution in [2.24, 2.45) is 0 Å². The zero-order chi connectivity index (χ0) is 20.1.